The zero-order valence-corrected chi connectivity index (χ0v) is 12.4. The van der Waals surface area contributed by atoms with E-state index in [2.05, 4.69) is 26.2 Å². The second-order valence-corrected chi connectivity index (χ2v) is 7.46. The number of methoxy groups -OCH3 is 1. The monoisotopic (exact) mass is 251 g/mol. The maximum absolute atomic E-state index is 5.55. The van der Waals surface area contributed by atoms with E-state index in [0.29, 0.717) is 0 Å². The molecule has 2 bridgehead atoms. The Morgan fingerprint density at radius 2 is 1.83 bits per heavy atom. The van der Waals surface area contributed by atoms with Crippen LogP contribution < -0.4 is 5.32 Å². The van der Waals surface area contributed by atoms with Crippen LogP contribution in [0.5, 0.6) is 0 Å². The van der Waals surface area contributed by atoms with Crippen molar-refractivity contribution < 1.29 is 4.74 Å². The predicted molar refractivity (Wildman–Crippen MR) is 74.5 cm³/mol. The quantitative estimate of drug-likeness (QED) is 0.783. The van der Waals surface area contributed by atoms with Crippen molar-refractivity contribution in [3.63, 3.8) is 0 Å². The molecule has 0 saturated heterocycles. The number of nitrogens with one attached hydrogen (secondary N) is 1. The van der Waals surface area contributed by atoms with Gasteiger partial charge in [0.25, 0.3) is 0 Å². The topological polar surface area (TPSA) is 21.3 Å². The first-order valence-corrected chi connectivity index (χ1v) is 7.80. The zero-order chi connectivity index (χ0) is 12.9. The third-order valence-corrected chi connectivity index (χ3v) is 6.24. The van der Waals surface area contributed by atoms with Crippen molar-refractivity contribution in [1.29, 1.82) is 0 Å². The second kappa shape index (κ2) is 4.49. The minimum absolute atomic E-state index is 0.0398. The molecule has 3 rings (SSSR count). The number of fused-ring (bicyclic) bond motifs is 5. The van der Waals surface area contributed by atoms with Gasteiger partial charge >= 0.3 is 0 Å². The van der Waals surface area contributed by atoms with Gasteiger partial charge in [-0.2, -0.15) is 0 Å². The summed E-state index contributed by atoms with van der Waals surface area (Å²) in [6.07, 6.45) is 7.06. The normalized spacial score (nSPS) is 43.0. The van der Waals surface area contributed by atoms with Crippen molar-refractivity contribution in [3.05, 3.63) is 0 Å². The van der Waals surface area contributed by atoms with Crippen LogP contribution in [0.4, 0.5) is 0 Å². The molecule has 3 aliphatic rings. The van der Waals surface area contributed by atoms with Gasteiger partial charge in [-0.25, -0.2) is 0 Å². The fourth-order valence-electron chi connectivity index (χ4n) is 5.06. The van der Waals surface area contributed by atoms with Gasteiger partial charge in [0.1, 0.15) is 0 Å². The van der Waals surface area contributed by atoms with E-state index in [1.807, 2.05) is 7.11 Å². The van der Waals surface area contributed by atoms with E-state index >= 15 is 0 Å². The molecule has 0 aromatic carbocycles. The highest BCUT2D eigenvalue weighted by atomic mass is 16.5. The molecule has 0 aromatic heterocycles. The average Bonchev–Trinajstić information content (AvgIpc) is 2.80. The molecule has 0 spiro atoms. The summed E-state index contributed by atoms with van der Waals surface area (Å²) in [5.41, 5.74) is 0.0398. The van der Waals surface area contributed by atoms with Gasteiger partial charge in [0, 0.05) is 13.2 Å². The lowest BCUT2D eigenvalue weighted by atomic mass is 9.91. The van der Waals surface area contributed by atoms with Gasteiger partial charge in [-0.05, 0) is 82.6 Å². The summed E-state index contributed by atoms with van der Waals surface area (Å²) in [6, 6.07) is 0.734. The highest BCUT2D eigenvalue weighted by molar-refractivity contribution is 5.15. The summed E-state index contributed by atoms with van der Waals surface area (Å²) < 4.78 is 5.55. The van der Waals surface area contributed by atoms with Crippen LogP contribution in [0.2, 0.25) is 0 Å². The minimum atomic E-state index is 0.0398. The van der Waals surface area contributed by atoms with Crippen molar-refractivity contribution in [1.82, 2.24) is 5.32 Å². The van der Waals surface area contributed by atoms with Gasteiger partial charge in [0.2, 0.25) is 0 Å². The first kappa shape index (κ1) is 12.9. The molecular weight excluding hydrogens is 222 g/mol. The van der Waals surface area contributed by atoms with Crippen molar-refractivity contribution in [2.75, 3.05) is 14.2 Å². The molecule has 0 amide bonds. The molecule has 0 radical (unpaired) electrons. The molecular formula is C16H29NO. The minimum Gasteiger partial charge on any atom is -0.379 e. The lowest BCUT2D eigenvalue weighted by Gasteiger charge is -2.27. The van der Waals surface area contributed by atoms with Gasteiger partial charge in [-0.15, -0.1) is 0 Å². The van der Waals surface area contributed by atoms with Crippen LogP contribution in [0, 0.1) is 29.6 Å². The molecule has 5 atom stereocenters. The molecule has 0 aliphatic heterocycles. The van der Waals surface area contributed by atoms with E-state index in [4.69, 9.17) is 4.74 Å². The summed E-state index contributed by atoms with van der Waals surface area (Å²) in [6.45, 7) is 4.41. The molecule has 3 aliphatic carbocycles. The van der Waals surface area contributed by atoms with Crippen LogP contribution >= 0.6 is 0 Å². The SMILES string of the molecule is CNC(CCC(C)(C)OC)C1C2C3CCC(C3)C21. The molecule has 18 heavy (non-hydrogen) atoms. The molecule has 1 N–H and O–H groups in total. The molecule has 3 saturated carbocycles. The number of hydrogen-bond donors (Lipinski definition) is 1. The van der Waals surface area contributed by atoms with Crippen LogP contribution in [0.25, 0.3) is 0 Å². The summed E-state index contributed by atoms with van der Waals surface area (Å²) in [7, 11) is 3.99. The Labute approximate surface area is 112 Å². The van der Waals surface area contributed by atoms with Crippen LogP contribution in [-0.2, 0) is 4.74 Å². The Hall–Kier alpha value is -0.0800. The first-order valence-electron chi connectivity index (χ1n) is 7.80. The summed E-state index contributed by atoms with van der Waals surface area (Å²) >= 11 is 0. The third kappa shape index (κ3) is 2.02. The van der Waals surface area contributed by atoms with Crippen LogP contribution in [0.1, 0.15) is 46.0 Å². The van der Waals surface area contributed by atoms with Crippen molar-refractivity contribution in [3.8, 4) is 0 Å². The Balaban J connectivity index is 1.55. The molecule has 0 aromatic rings. The van der Waals surface area contributed by atoms with Crippen molar-refractivity contribution in [2.24, 2.45) is 29.6 Å². The van der Waals surface area contributed by atoms with Gasteiger partial charge in [0.15, 0.2) is 0 Å². The number of hydrogen-bond acceptors (Lipinski definition) is 2. The maximum Gasteiger partial charge on any atom is 0.0623 e. The Bertz CT molecular complexity index is 298. The smallest absolute Gasteiger partial charge is 0.0623 e. The van der Waals surface area contributed by atoms with E-state index < -0.39 is 0 Å². The van der Waals surface area contributed by atoms with Crippen molar-refractivity contribution in [2.45, 2.75) is 57.6 Å². The molecule has 0 heterocycles. The lowest BCUT2D eigenvalue weighted by molar-refractivity contribution is 0.0110. The lowest BCUT2D eigenvalue weighted by Crippen LogP contribution is -2.33. The molecule has 104 valence electrons. The highest BCUT2D eigenvalue weighted by Crippen LogP contribution is 2.70. The van der Waals surface area contributed by atoms with Gasteiger partial charge in [0.05, 0.1) is 5.60 Å². The molecule has 3 fully saturated rings. The van der Waals surface area contributed by atoms with Crippen LogP contribution in [-0.4, -0.2) is 25.8 Å². The van der Waals surface area contributed by atoms with E-state index in [1.165, 1.54) is 25.7 Å². The maximum atomic E-state index is 5.55. The largest absolute Gasteiger partial charge is 0.379 e. The van der Waals surface area contributed by atoms with E-state index in [1.54, 1.807) is 6.42 Å². The van der Waals surface area contributed by atoms with Crippen LogP contribution in [0.15, 0.2) is 0 Å². The molecule has 2 nitrogen and oxygen atoms in total. The summed E-state index contributed by atoms with van der Waals surface area (Å²) in [5, 5.41) is 3.60. The number of ether oxygens (including phenoxy) is 1. The fourth-order valence-corrected chi connectivity index (χ4v) is 5.06. The standard InChI is InChI=1S/C16H29NO/c1-16(2,18-4)8-7-12(17-3)15-13-10-5-6-11(9-10)14(13)15/h10-15,17H,5-9H2,1-4H3. The van der Waals surface area contributed by atoms with E-state index in [-0.39, 0.29) is 5.60 Å². The third-order valence-electron chi connectivity index (χ3n) is 6.24. The Morgan fingerprint density at radius 1 is 1.22 bits per heavy atom. The molecule has 5 unspecified atom stereocenters. The Kier molecular flexibility index (Phi) is 3.22. The van der Waals surface area contributed by atoms with Crippen molar-refractivity contribution >= 4 is 0 Å². The van der Waals surface area contributed by atoms with Gasteiger partial charge in [-0.3, -0.25) is 0 Å². The summed E-state index contributed by atoms with van der Waals surface area (Å²) in [4.78, 5) is 0. The number of rotatable bonds is 6. The first-order chi connectivity index (χ1) is 8.57. The average molecular weight is 251 g/mol. The van der Waals surface area contributed by atoms with Crippen LogP contribution in [0.3, 0.4) is 0 Å². The second-order valence-electron chi connectivity index (χ2n) is 7.46. The van der Waals surface area contributed by atoms with E-state index in [0.717, 1.165) is 35.6 Å². The Morgan fingerprint density at radius 3 is 2.33 bits per heavy atom. The summed E-state index contributed by atoms with van der Waals surface area (Å²) in [5.74, 6) is 5.36. The van der Waals surface area contributed by atoms with Gasteiger partial charge in [-0.1, -0.05) is 0 Å². The zero-order valence-electron chi connectivity index (χ0n) is 12.4. The predicted octanol–water partition coefficient (Wildman–Crippen LogP) is 3.07. The fraction of sp³-hybridized carbons (Fsp3) is 1.00. The van der Waals surface area contributed by atoms with E-state index in [9.17, 15) is 0 Å². The van der Waals surface area contributed by atoms with Gasteiger partial charge < -0.3 is 10.1 Å². The highest BCUT2D eigenvalue weighted by Gasteiger charge is 2.66. The molecule has 2 heteroatoms.